The smallest absolute Gasteiger partial charge is 0.229 e. The van der Waals surface area contributed by atoms with Crippen LogP contribution in [0.3, 0.4) is 0 Å². The Balaban J connectivity index is 2.00. The highest BCUT2D eigenvalue weighted by atomic mass is 32.2. The molecule has 4 nitrogen and oxygen atoms in total. The quantitative estimate of drug-likeness (QED) is 0.856. The maximum atomic E-state index is 11.7. The monoisotopic (exact) mass is 280 g/mol. The molecular weight excluding hydrogens is 268 g/mol. The van der Waals surface area contributed by atoms with E-state index in [2.05, 4.69) is 4.98 Å². The molecule has 1 atom stereocenters. The Kier molecular flexibility index (Phi) is 3.01. The van der Waals surface area contributed by atoms with Gasteiger partial charge in [0.25, 0.3) is 0 Å². The van der Waals surface area contributed by atoms with Crippen molar-refractivity contribution in [3.05, 3.63) is 18.2 Å². The van der Waals surface area contributed by atoms with Gasteiger partial charge >= 0.3 is 0 Å². The van der Waals surface area contributed by atoms with Gasteiger partial charge < -0.3 is 10.0 Å². The van der Waals surface area contributed by atoms with Gasteiger partial charge in [-0.2, -0.15) is 0 Å². The summed E-state index contributed by atoms with van der Waals surface area (Å²) in [5, 5.41) is 9.51. The van der Waals surface area contributed by atoms with Crippen molar-refractivity contribution in [2.75, 3.05) is 17.7 Å². The van der Waals surface area contributed by atoms with Crippen molar-refractivity contribution in [2.45, 2.75) is 16.9 Å². The van der Waals surface area contributed by atoms with Crippen LogP contribution in [-0.2, 0) is 4.79 Å². The normalized spacial score (nSPS) is 20.0. The van der Waals surface area contributed by atoms with E-state index in [-0.39, 0.29) is 12.3 Å². The molecule has 18 heavy (non-hydrogen) atoms. The number of carbonyl (C=O) groups is 1. The molecule has 2 heterocycles. The zero-order valence-electron chi connectivity index (χ0n) is 9.79. The summed E-state index contributed by atoms with van der Waals surface area (Å²) in [5.41, 5.74) is 1.81. The number of β-amino-alcohol motifs (C(OH)–C–C–N with tert-alkyl or cyclic N) is 1. The number of thioether (sulfide) groups is 1. The summed E-state index contributed by atoms with van der Waals surface area (Å²) in [6.07, 6.45) is 1.67. The van der Waals surface area contributed by atoms with Crippen molar-refractivity contribution in [1.82, 2.24) is 4.98 Å². The van der Waals surface area contributed by atoms with E-state index in [1.54, 1.807) is 28.0 Å². The molecule has 0 aliphatic carbocycles. The summed E-state index contributed by atoms with van der Waals surface area (Å²) < 4.78 is 2.10. The molecule has 0 radical (unpaired) electrons. The third-order valence-electron chi connectivity index (χ3n) is 2.94. The summed E-state index contributed by atoms with van der Waals surface area (Å²) >= 11 is 3.24. The number of benzene rings is 1. The van der Waals surface area contributed by atoms with Crippen LogP contribution in [0.25, 0.3) is 10.2 Å². The van der Waals surface area contributed by atoms with Crippen molar-refractivity contribution >= 4 is 44.9 Å². The highest BCUT2D eigenvalue weighted by molar-refractivity contribution is 8.00. The molecule has 1 aromatic heterocycles. The van der Waals surface area contributed by atoms with Gasteiger partial charge in [-0.3, -0.25) is 4.79 Å². The fourth-order valence-electron chi connectivity index (χ4n) is 2.09. The zero-order valence-corrected chi connectivity index (χ0v) is 11.4. The van der Waals surface area contributed by atoms with E-state index in [0.717, 1.165) is 20.2 Å². The number of rotatable bonds is 2. The maximum Gasteiger partial charge on any atom is 0.229 e. The van der Waals surface area contributed by atoms with Crippen LogP contribution in [-0.4, -0.2) is 34.9 Å². The van der Waals surface area contributed by atoms with Crippen molar-refractivity contribution in [3.8, 4) is 0 Å². The van der Waals surface area contributed by atoms with Gasteiger partial charge in [0.15, 0.2) is 4.34 Å². The molecule has 1 fully saturated rings. The van der Waals surface area contributed by atoms with Crippen LogP contribution in [0.4, 0.5) is 5.69 Å². The first-order valence-electron chi connectivity index (χ1n) is 5.60. The van der Waals surface area contributed by atoms with Gasteiger partial charge in [0.1, 0.15) is 0 Å². The highest BCUT2D eigenvalue weighted by Crippen LogP contribution is 2.32. The molecule has 1 unspecified atom stereocenters. The number of hydrogen-bond acceptors (Lipinski definition) is 5. The van der Waals surface area contributed by atoms with E-state index in [1.165, 1.54) is 0 Å². The Bertz CT molecular complexity index is 611. The van der Waals surface area contributed by atoms with Crippen LogP contribution in [0.15, 0.2) is 22.5 Å². The fourth-order valence-corrected chi connectivity index (χ4v) is 3.61. The van der Waals surface area contributed by atoms with Crippen LogP contribution in [0.1, 0.15) is 6.42 Å². The summed E-state index contributed by atoms with van der Waals surface area (Å²) in [6, 6.07) is 5.80. The number of carbonyl (C=O) groups excluding carboxylic acids is 1. The number of amides is 1. The van der Waals surface area contributed by atoms with E-state index in [9.17, 15) is 9.90 Å². The van der Waals surface area contributed by atoms with Crippen molar-refractivity contribution in [3.63, 3.8) is 0 Å². The summed E-state index contributed by atoms with van der Waals surface area (Å²) in [4.78, 5) is 17.8. The molecule has 2 aromatic rings. The zero-order chi connectivity index (χ0) is 12.7. The summed E-state index contributed by atoms with van der Waals surface area (Å²) in [5.74, 6) is -0.0172. The number of aromatic nitrogens is 1. The van der Waals surface area contributed by atoms with Crippen LogP contribution in [0.5, 0.6) is 0 Å². The molecule has 0 bridgehead atoms. The van der Waals surface area contributed by atoms with Gasteiger partial charge in [0.2, 0.25) is 5.91 Å². The lowest BCUT2D eigenvalue weighted by molar-refractivity contribution is -0.117. The molecule has 1 aromatic carbocycles. The summed E-state index contributed by atoms with van der Waals surface area (Å²) in [7, 11) is 0. The molecule has 0 saturated carbocycles. The molecule has 6 heteroatoms. The minimum atomic E-state index is -0.545. The van der Waals surface area contributed by atoms with Crippen LogP contribution < -0.4 is 4.90 Å². The Hall–Kier alpha value is -1.11. The third kappa shape index (κ3) is 2.00. The topological polar surface area (TPSA) is 53.4 Å². The minimum Gasteiger partial charge on any atom is -0.391 e. The predicted octanol–water partition coefficient (Wildman–Crippen LogP) is 2.12. The molecule has 1 amide bonds. The lowest BCUT2D eigenvalue weighted by Gasteiger charge is -2.15. The average Bonchev–Trinajstić information content (AvgIpc) is 2.90. The first-order valence-corrected chi connectivity index (χ1v) is 7.64. The number of anilines is 1. The predicted molar refractivity (Wildman–Crippen MR) is 74.4 cm³/mol. The first-order chi connectivity index (χ1) is 8.67. The van der Waals surface area contributed by atoms with E-state index in [4.69, 9.17) is 0 Å². The van der Waals surface area contributed by atoms with E-state index in [0.29, 0.717) is 6.54 Å². The van der Waals surface area contributed by atoms with Crippen molar-refractivity contribution in [2.24, 2.45) is 0 Å². The highest BCUT2D eigenvalue weighted by Gasteiger charge is 2.29. The molecular formula is C12H12N2O2S2. The molecule has 1 N–H and O–H groups in total. The second kappa shape index (κ2) is 4.53. The fraction of sp³-hybridized carbons (Fsp3) is 0.333. The number of aliphatic hydroxyl groups excluding tert-OH is 1. The molecule has 1 saturated heterocycles. The van der Waals surface area contributed by atoms with E-state index >= 15 is 0 Å². The van der Waals surface area contributed by atoms with Crippen LogP contribution >= 0.6 is 23.1 Å². The maximum absolute atomic E-state index is 11.7. The Morgan fingerprint density at radius 3 is 3.06 bits per heavy atom. The van der Waals surface area contributed by atoms with Gasteiger partial charge in [-0.05, 0) is 24.5 Å². The number of aliphatic hydroxyl groups is 1. The summed E-state index contributed by atoms with van der Waals surface area (Å²) in [6.45, 7) is 0.387. The number of hydrogen-bond donors (Lipinski definition) is 1. The van der Waals surface area contributed by atoms with E-state index in [1.807, 2.05) is 24.5 Å². The number of thiazole rings is 1. The molecule has 1 aliphatic rings. The SMILES string of the molecule is CSc1nc2ccc(N3CC(O)CC3=O)cc2s1. The second-order valence-electron chi connectivity index (χ2n) is 4.20. The Morgan fingerprint density at radius 1 is 1.56 bits per heavy atom. The van der Waals surface area contributed by atoms with Gasteiger partial charge in [0.05, 0.1) is 29.3 Å². The first kappa shape index (κ1) is 12.0. The average molecular weight is 280 g/mol. The second-order valence-corrected chi connectivity index (χ2v) is 6.28. The Labute approximate surface area is 113 Å². The number of nitrogens with zero attached hydrogens (tertiary/aromatic N) is 2. The standard InChI is InChI=1S/C12H12N2O2S2/c1-17-12-13-9-3-2-7(4-10(9)18-12)14-6-8(15)5-11(14)16/h2-4,8,15H,5-6H2,1H3. The van der Waals surface area contributed by atoms with Crippen LogP contribution in [0, 0.1) is 0 Å². The van der Waals surface area contributed by atoms with Crippen molar-refractivity contribution in [1.29, 1.82) is 0 Å². The molecule has 1 aliphatic heterocycles. The van der Waals surface area contributed by atoms with Gasteiger partial charge in [-0.15, -0.1) is 11.3 Å². The Morgan fingerprint density at radius 2 is 2.39 bits per heavy atom. The van der Waals surface area contributed by atoms with Gasteiger partial charge in [-0.25, -0.2) is 4.98 Å². The molecule has 94 valence electrons. The lowest BCUT2D eigenvalue weighted by Crippen LogP contribution is -2.24. The lowest BCUT2D eigenvalue weighted by atomic mass is 10.3. The van der Waals surface area contributed by atoms with Crippen LogP contribution in [0.2, 0.25) is 0 Å². The minimum absolute atomic E-state index is 0.0172. The van der Waals surface area contributed by atoms with Gasteiger partial charge in [-0.1, -0.05) is 11.8 Å². The van der Waals surface area contributed by atoms with Crippen molar-refractivity contribution < 1.29 is 9.90 Å². The third-order valence-corrected chi connectivity index (χ3v) is 4.95. The van der Waals surface area contributed by atoms with Gasteiger partial charge in [0, 0.05) is 5.69 Å². The largest absolute Gasteiger partial charge is 0.391 e. The molecule has 0 spiro atoms. The number of fused-ring (bicyclic) bond motifs is 1. The van der Waals surface area contributed by atoms with E-state index < -0.39 is 6.10 Å². The molecule has 3 rings (SSSR count).